The summed E-state index contributed by atoms with van der Waals surface area (Å²) in [5, 5.41) is 5.46. The fourth-order valence-corrected chi connectivity index (χ4v) is 4.82. The van der Waals surface area contributed by atoms with Gasteiger partial charge in [0.05, 0.1) is 11.3 Å². The van der Waals surface area contributed by atoms with Gasteiger partial charge in [0.1, 0.15) is 5.69 Å². The Morgan fingerprint density at radius 3 is 2.12 bits per heavy atom. The van der Waals surface area contributed by atoms with Crippen LogP contribution in [0.4, 0.5) is 0 Å². The summed E-state index contributed by atoms with van der Waals surface area (Å²) in [4.78, 5) is 20.6. The third-order valence-electron chi connectivity index (χ3n) is 6.67. The van der Waals surface area contributed by atoms with Crippen molar-refractivity contribution < 1.29 is 4.79 Å². The van der Waals surface area contributed by atoms with Crippen LogP contribution in [0.1, 0.15) is 23.2 Å². The van der Waals surface area contributed by atoms with Gasteiger partial charge in [0.2, 0.25) is 0 Å². The second-order valence-corrected chi connectivity index (χ2v) is 9.30. The molecule has 33 heavy (non-hydrogen) atoms. The maximum Gasteiger partial charge on any atom is 0.257 e. The predicted octanol–water partition coefficient (Wildman–Crippen LogP) is 4.05. The Kier molecular flexibility index (Phi) is 6.76. The molecule has 0 aliphatic carbocycles. The Balaban J connectivity index is 1.32. The highest BCUT2D eigenvalue weighted by Gasteiger charge is 2.27. The van der Waals surface area contributed by atoms with E-state index in [1.165, 1.54) is 25.9 Å². The van der Waals surface area contributed by atoms with Crippen LogP contribution in [0.3, 0.4) is 0 Å². The summed E-state index contributed by atoms with van der Waals surface area (Å²) in [6.07, 6.45) is 4.52. The number of piperazine rings is 1. The molecule has 2 aliphatic heterocycles. The Morgan fingerprint density at radius 2 is 1.45 bits per heavy atom. The molecule has 0 atom stereocenters. The monoisotopic (exact) mass is 463 g/mol. The summed E-state index contributed by atoms with van der Waals surface area (Å²) in [5.41, 5.74) is 3.14. The molecule has 1 aromatic heterocycles. The van der Waals surface area contributed by atoms with Crippen molar-refractivity contribution in [3.05, 3.63) is 71.4 Å². The largest absolute Gasteiger partial charge is 0.336 e. The number of hydrogen-bond donors (Lipinski definition) is 0. The number of aromatic nitrogens is 2. The number of carbonyl (C=O) groups is 1. The molecule has 6 nitrogen and oxygen atoms in total. The highest BCUT2D eigenvalue weighted by Crippen LogP contribution is 2.26. The summed E-state index contributed by atoms with van der Waals surface area (Å²) >= 11 is 6.10. The Bertz CT molecular complexity index is 1070. The summed E-state index contributed by atoms with van der Waals surface area (Å²) < 4.78 is 1.80. The van der Waals surface area contributed by atoms with Gasteiger partial charge in [-0.3, -0.25) is 9.69 Å². The number of likely N-dealkylation sites (tertiary alicyclic amines) is 1. The lowest BCUT2D eigenvalue weighted by molar-refractivity contribution is 0.0627. The predicted molar refractivity (Wildman–Crippen MR) is 132 cm³/mol. The van der Waals surface area contributed by atoms with Crippen LogP contribution in [-0.4, -0.2) is 82.7 Å². The SMILES string of the molecule is O=C(c1cn(-c2ccccc2)nc1-c1ccc(Cl)cc1)N1CCN(CCN2CCCC2)CC1. The van der Waals surface area contributed by atoms with E-state index >= 15 is 0 Å². The first kappa shape index (κ1) is 22.1. The molecule has 0 spiro atoms. The summed E-state index contributed by atoms with van der Waals surface area (Å²) in [5.74, 6) is 0.0429. The second-order valence-electron chi connectivity index (χ2n) is 8.86. The number of carbonyl (C=O) groups excluding carboxylic acids is 1. The van der Waals surface area contributed by atoms with Crippen molar-refractivity contribution in [2.45, 2.75) is 12.8 Å². The summed E-state index contributed by atoms with van der Waals surface area (Å²) in [6.45, 7) is 8.02. The highest BCUT2D eigenvalue weighted by atomic mass is 35.5. The number of hydrogen-bond acceptors (Lipinski definition) is 4. The van der Waals surface area contributed by atoms with E-state index < -0.39 is 0 Å². The van der Waals surface area contributed by atoms with Crippen molar-refractivity contribution in [2.24, 2.45) is 0 Å². The first-order valence-electron chi connectivity index (χ1n) is 11.8. The zero-order chi connectivity index (χ0) is 22.6. The molecule has 2 aliphatic rings. The number of benzene rings is 2. The van der Waals surface area contributed by atoms with Crippen LogP contribution in [0.25, 0.3) is 16.9 Å². The standard InChI is InChI=1S/C26H30ClN5O/c27-22-10-8-21(9-11-22)25-24(20-32(28-25)23-6-2-1-3-7-23)26(33)31-18-16-30(17-19-31)15-14-29-12-4-5-13-29/h1-3,6-11,20H,4-5,12-19H2. The van der Waals surface area contributed by atoms with Gasteiger partial charge in [0.15, 0.2) is 0 Å². The number of rotatable bonds is 6. The number of para-hydroxylation sites is 1. The lowest BCUT2D eigenvalue weighted by Gasteiger charge is -2.35. The van der Waals surface area contributed by atoms with E-state index in [0.717, 1.165) is 50.5 Å². The molecule has 2 aromatic carbocycles. The van der Waals surface area contributed by atoms with Gasteiger partial charge in [-0.25, -0.2) is 4.68 Å². The average Bonchev–Trinajstić information content (AvgIpc) is 3.54. The van der Waals surface area contributed by atoms with Gasteiger partial charge in [-0.15, -0.1) is 0 Å². The molecule has 172 valence electrons. The van der Waals surface area contributed by atoms with Gasteiger partial charge >= 0.3 is 0 Å². The minimum absolute atomic E-state index is 0.0429. The van der Waals surface area contributed by atoms with E-state index in [9.17, 15) is 4.79 Å². The summed E-state index contributed by atoms with van der Waals surface area (Å²) in [7, 11) is 0. The van der Waals surface area contributed by atoms with Gasteiger partial charge in [0, 0.05) is 56.1 Å². The lowest BCUT2D eigenvalue weighted by atomic mass is 10.1. The second kappa shape index (κ2) is 10.1. The average molecular weight is 464 g/mol. The van der Waals surface area contributed by atoms with Crippen molar-refractivity contribution >= 4 is 17.5 Å². The molecule has 0 bridgehead atoms. The van der Waals surface area contributed by atoms with E-state index in [4.69, 9.17) is 16.7 Å². The fraction of sp³-hybridized carbons (Fsp3) is 0.385. The van der Waals surface area contributed by atoms with Crippen LogP contribution in [0, 0.1) is 0 Å². The third-order valence-corrected chi connectivity index (χ3v) is 6.93. The quantitative estimate of drug-likeness (QED) is 0.553. The molecule has 0 unspecified atom stereocenters. The van der Waals surface area contributed by atoms with Crippen molar-refractivity contribution in [1.29, 1.82) is 0 Å². The molecular weight excluding hydrogens is 434 g/mol. The third kappa shape index (κ3) is 5.13. The molecule has 1 amide bonds. The lowest BCUT2D eigenvalue weighted by Crippen LogP contribution is -2.50. The van der Waals surface area contributed by atoms with Gasteiger partial charge in [-0.05, 0) is 50.2 Å². The van der Waals surface area contributed by atoms with Crippen molar-refractivity contribution in [3.8, 4) is 16.9 Å². The zero-order valence-corrected chi connectivity index (χ0v) is 19.6. The molecule has 0 radical (unpaired) electrons. The van der Waals surface area contributed by atoms with Gasteiger partial charge in [-0.2, -0.15) is 5.10 Å². The Morgan fingerprint density at radius 1 is 0.818 bits per heavy atom. The molecular formula is C26H30ClN5O. The smallest absolute Gasteiger partial charge is 0.257 e. The maximum atomic E-state index is 13.6. The molecule has 3 heterocycles. The van der Waals surface area contributed by atoms with E-state index in [0.29, 0.717) is 16.3 Å². The molecule has 7 heteroatoms. The Hall–Kier alpha value is -2.67. The van der Waals surface area contributed by atoms with E-state index in [-0.39, 0.29) is 5.91 Å². The topological polar surface area (TPSA) is 44.6 Å². The van der Waals surface area contributed by atoms with Crippen molar-refractivity contribution in [3.63, 3.8) is 0 Å². The van der Waals surface area contributed by atoms with E-state index in [1.807, 2.05) is 65.7 Å². The summed E-state index contributed by atoms with van der Waals surface area (Å²) in [6, 6.07) is 17.4. The Labute approximate surface area is 200 Å². The van der Waals surface area contributed by atoms with E-state index in [1.54, 1.807) is 4.68 Å². The molecule has 0 saturated carbocycles. The van der Waals surface area contributed by atoms with Crippen LogP contribution in [0.15, 0.2) is 60.8 Å². The molecule has 3 aromatic rings. The number of amides is 1. The highest BCUT2D eigenvalue weighted by molar-refractivity contribution is 6.30. The normalized spacial score (nSPS) is 17.5. The number of halogens is 1. The van der Waals surface area contributed by atoms with Gasteiger partial charge < -0.3 is 9.80 Å². The zero-order valence-electron chi connectivity index (χ0n) is 18.9. The molecule has 2 saturated heterocycles. The van der Waals surface area contributed by atoms with Gasteiger partial charge in [-0.1, -0.05) is 41.9 Å². The molecule has 2 fully saturated rings. The van der Waals surface area contributed by atoms with Crippen LogP contribution in [0.2, 0.25) is 5.02 Å². The molecule has 0 N–H and O–H groups in total. The minimum Gasteiger partial charge on any atom is -0.336 e. The fourth-order valence-electron chi connectivity index (χ4n) is 4.70. The van der Waals surface area contributed by atoms with Gasteiger partial charge in [0.25, 0.3) is 5.91 Å². The van der Waals surface area contributed by atoms with Crippen LogP contribution in [-0.2, 0) is 0 Å². The molecule has 5 rings (SSSR count). The first-order valence-corrected chi connectivity index (χ1v) is 12.2. The van der Waals surface area contributed by atoms with Crippen LogP contribution >= 0.6 is 11.6 Å². The van der Waals surface area contributed by atoms with Crippen molar-refractivity contribution in [1.82, 2.24) is 24.5 Å². The first-order chi connectivity index (χ1) is 16.2. The van der Waals surface area contributed by atoms with E-state index in [2.05, 4.69) is 9.80 Å². The maximum absolute atomic E-state index is 13.6. The van der Waals surface area contributed by atoms with Crippen LogP contribution in [0.5, 0.6) is 0 Å². The minimum atomic E-state index is 0.0429. The van der Waals surface area contributed by atoms with Crippen LogP contribution < -0.4 is 0 Å². The van der Waals surface area contributed by atoms with Crippen molar-refractivity contribution in [2.75, 3.05) is 52.4 Å². The number of nitrogens with zero attached hydrogens (tertiary/aromatic N) is 5.